The van der Waals surface area contributed by atoms with Crippen LogP contribution in [0.5, 0.6) is 0 Å². The smallest absolute Gasteiger partial charge is 0.416 e. The fourth-order valence-corrected chi connectivity index (χ4v) is 3.58. The predicted octanol–water partition coefficient (Wildman–Crippen LogP) is 4.46. The van der Waals surface area contributed by atoms with Crippen molar-refractivity contribution in [3.05, 3.63) is 58.6 Å². The van der Waals surface area contributed by atoms with Crippen LogP contribution >= 0.6 is 11.6 Å². The number of anilines is 2. The fraction of sp³-hybridized carbons (Fsp3) is 0.333. The summed E-state index contributed by atoms with van der Waals surface area (Å²) < 4.78 is 48.7. The minimum Gasteiger partial charge on any atom is -0.459 e. The number of rotatable bonds is 7. The monoisotopic (exact) mass is 526 g/mol. The van der Waals surface area contributed by atoms with E-state index in [4.69, 9.17) is 21.1 Å². The fourth-order valence-electron chi connectivity index (χ4n) is 3.41. The third-order valence-corrected chi connectivity index (χ3v) is 5.46. The Balaban J connectivity index is 1.55. The van der Waals surface area contributed by atoms with Crippen LogP contribution in [-0.4, -0.2) is 43.0 Å². The van der Waals surface area contributed by atoms with Gasteiger partial charge >= 0.3 is 18.1 Å². The summed E-state index contributed by atoms with van der Waals surface area (Å²) in [6, 6.07) is 8.54. The Morgan fingerprint density at radius 2 is 1.81 bits per heavy atom. The highest BCUT2D eigenvalue weighted by molar-refractivity contribution is 6.33. The molecule has 0 aliphatic carbocycles. The van der Waals surface area contributed by atoms with Gasteiger partial charge in [0.2, 0.25) is 5.91 Å². The molecule has 1 heterocycles. The maximum absolute atomic E-state index is 12.9. The number of nitrogens with one attached hydrogen (secondary N) is 1. The highest BCUT2D eigenvalue weighted by Crippen LogP contribution is 2.34. The van der Waals surface area contributed by atoms with Gasteiger partial charge in [0.15, 0.2) is 6.61 Å². The Hall–Kier alpha value is -3.60. The van der Waals surface area contributed by atoms with Crippen molar-refractivity contribution >= 4 is 46.7 Å². The van der Waals surface area contributed by atoms with Crippen molar-refractivity contribution in [2.45, 2.75) is 32.5 Å². The quantitative estimate of drug-likeness (QED) is 0.535. The molecular formula is C24H22ClF3N2O6. The lowest BCUT2D eigenvalue weighted by atomic mass is 10.1. The maximum atomic E-state index is 12.9. The highest BCUT2D eigenvalue weighted by Gasteiger charge is 2.36. The van der Waals surface area contributed by atoms with E-state index in [2.05, 4.69) is 5.32 Å². The molecule has 192 valence electrons. The average Bonchev–Trinajstić information content (AvgIpc) is 3.19. The molecule has 1 fully saturated rings. The van der Waals surface area contributed by atoms with Crippen molar-refractivity contribution in [2.75, 3.05) is 23.4 Å². The molecule has 1 aliphatic rings. The van der Waals surface area contributed by atoms with Crippen molar-refractivity contribution in [1.82, 2.24) is 0 Å². The predicted molar refractivity (Wildman–Crippen MR) is 123 cm³/mol. The number of hydrogen-bond acceptors (Lipinski definition) is 6. The summed E-state index contributed by atoms with van der Waals surface area (Å²) in [5.74, 6) is -3.42. The lowest BCUT2D eigenvalue weighted by Gasteiger charge is -2.17. The number of esters is 2. The first-order chi connectivity index (χ1) is 16.8. The number of ether oxygens (including phenoxy) is 2. The number of halogens is 4. The minimum atomic E-state index is -4.63. The molecule has 0 spiro atoms. The van der Waals surface area contributed by atoms with Crippen molar-refractivity contribution in [3.8, 4) is 0 Å². The Labute approximate surface area is 209 Å². The minimum absolute atomic E-state index is 0.00543. The van der Waals surface area contributed by atoms with Crippen molar-refractivity contribution in [2.24, 2.45) is 5.92 Å². The van der Waals surface area contributed by atoms with Crippen LogP contribution in [0, 0.1) is 5.92 Å². The normalized spacial score (nSPS) is 15.7. The summed E-state index contributed by atoms with van der Waals surface area (Å²) in [7, 11) is 0. The van der Waals surface area contributed by atoms with Gasteiger partial charge in [-0.05, 0) is 56.3 Å². The number of carbonyl (C=O) groups is 4. The third-order valence-electron chi connectivity index (χ3n) is 5.13. The van der Waals surface area contributed by atoms with Crippen molar-refractivity contribution < 1.29 is 41.8 Å². The summed E-state index contributed by atoms with van der Waals surface area (Å²) in [4.78, 5) is 50.3. The number of amides is 2. The van der Waals surface area contributed by atoms with Crippen LogP contribution in [0.15, 0.2) is 42.5 Å². The summed E-state index contributed by atoms with van der Waals surface area (Å²) in [5.41, 5.74) is -0.514. The van der Waals surface area contributed by atoms with Crippen LogP contribution in [0.2, 0.25) is 5.02 Å². The Morgan fingerprint density at radius 3 is 2.42 bits per heavy atom. The Bertz CT molecular complexity index is 1170. The molecule has 0 saturated carbocycles. The molecular weight excluding hydrogens is 505 g/mol. The van der Waals surface area contributed by atoms with Gasteiger partial charge in [-0.25, -0.2) is 4.79 Å². The summed E-state index contributed by atoms with van der Waals surface area (Å²) >= 11 is 5.84. The molecule has 36 heavy (non-hydrogen) atoms. The van der Waals surface area contributed by atoms with E-state index in [1.165, 1.54) is 17.0 Å². The Kier molecular flexibility index (Phi) is 8.24. The molecule has 2 amide bonds. The van der Waals surface area contributed by atoms with Gasteiger partial charge in [-0.1, -0.05) is 11.6 Å². The first-order valence-corrected chi connectivity index (χ1v) is 11.2. The summed E-state index contributed by atoms with van der Waals surface area (Å²) in [6.45, 7) is 2.66. The molecule has 1 atom stereocenters. The van der Waals surface area contributed by atoms with Crippen LogP contribution in [0.4, 0.5) is 24.5 Å². The van der Waals surface area contributed by atoms with E-state index < -0.39 is 42.1 Å². The average molecular weight is 527 g/mol. The zero-order chi connectivity index (χ0) is 26.6. The van der Waals surface area contributed by atoms with Crippen LogP contribution in [0.1, 0.15) is 36.2 Å². The number of hydrogen-bond donors (Lipinski definition) is 1. The number of nitrogens with zero attached hydrogens (tertiary/aromatic N) is 1. The van der Waals surface area contributed by atoms with Gasteiger partial charge in [0.1, 0.15) is 0 Å². The lowest BCUT2D eigenvalue weighted by molar-refractivity contribution is -0.151. The maximum Gasteiger partial charge on any atom is 0.416 e. The Morgan fingerprint density at radius 1 is 1.14 bits per heavy atom. The zero-order valence-corrected chi connectivity index (χ0v) is 20.0. The number of carbonyl (C=O) groups excluding carboxylic acids is 4. The topological polar surface area (TPSA) is 102 Å². The van der Waals surface area contributed by atoms with E-state index in [9.17, 15) is 32.3 Å². The first-order valence-electron chi connectivity index (χ1n) is 10.8. The van der Waals surface area contributed by atoms with E-state index >= 15 is 0 Å². The summed E-state index contributed by atoms with van der Waals surface area (Å²) in [6.07, 6.45) is -5.07. The molecule has 8 nitrogen and oxygen atoms in total. The number of benzene rings is 2. The van der Waals surface area contributed by atoms with Gasteiger partial charge in [0.25, 0.3) is 5.91 Å². The second-order valence-electron chi connectivity index (χ2n) is 8.25. The van der Waals surface area contributed by atoms with E-state index in [1.54, 1.807) is 26.0 Å². The van der Waals surface area contributed by atoms with Gasteiger partial charge in [0, 0.05) is 18.7 Å². The zero-order valence-electron chi connectivity index (χ0n) is 19.2. The largest absolute Gasteiger partial charge is 0.459 e. The van der Waals surface area contributed by atoms with Crippen LogP contribution in [-0.2, 0) is 30.0 Å². The van der Waals surface area contributed by atoms with E-state index in [0.717, 1.165) is 12.1 Å². The number of alkyl halides is 3. The summed E-state index contributed by atoms with van der Waals surface area (Å²) in [5, 5.41) is 2.05. The van der Waals surface area contributed by atoms with Gasteiger partial charge in [-0.15, -0.1) is 0 Å². The molecule has 1 N–H and O–H groups in total. The standard InChI is InChI=1S/C24H22ClF3N2O6/c1-13(2)36-23(34)14-3-6-17(7-4-14)30-11-15(9-21(30)32)22(33)35-12-20(31)29-19-10-16(24(26,27)28)5-8-18(19)25/h3-8,10,13,15H,9,11-12H2,1-2H3,(H,29,31)/t15-/m1/s1. The molecule has 0 aromatic heterocycles. The molecule has 3 rings (SSSR count). The molecule has 0 unspecified atom stereocenters. The lowest BCUT2D eigenvalue weighted by Crippen LogP contribution is -2.28. The highest BCUT2D eigenvalue weighted by atomic mass is 35.5. The van der Waals surface area contributed by atoms with Gasteiger partial charge in [-0.2, -0.15) is 13.2 Å². The SMILES string of the molecule is CC(C)OC(=O)c1ccc(N2C[C@H](C(=O)OCC(=O)Nc3cc(C(F)(F)F)ccc3Cl)CC2=O)cc1. The van der Waals surface area contributed by atoms with Crippen molar-refractivity contribution in [1.29, 1.82) is 0 Å². The second kappa shape index (κ2) is 11.0. The molecule has 12 heteroatoms. The molecule has 1 aliphatic heterocycles. The van der Waals surface area contributed by atoms with Gasteiger partial charge in [0.05, 0.1) is 33.9 Å². The van der Waals surface area contributed by atoms with E-state index in [-0.39, 0.29) is 35.7 Å². The van der Waals surface area contributed by atoms with E-state index in [0.29, 0.717) is 17.3 Å². The molecule has 0 bridgehead atoms. The van der Waals surface area contributed by atoms with Gasteiger partial charge in [-0.3, -0.25) is 14.4 Å². The first kappa shape index (κ1) is 27.0. The van der Waals surface area contributed by atoms with Crippen LogP contribution < -0.4 is 10.2 Å². The van der Waals surface area contributed by atoms with Crippen LogP contribution in [0.25, 0.3) is 0 Å². The molecule has 2 aromatic carbocycles. The second-order valence-corrected chi connectivity index (χ2v) is 8.66. The molecule has 1 saturated heterocycles. The van der Waals surface area contributed by atoms with Crippen molar-refractivity contribution in [3.63, 3.8) is 0 Å². The van der Waals surface area contributed by atoms with Crippen LogP contribution in [0.3, 0.4) is 0 Å². The molecule has 0 radical (unpaired) electrons. The van der Waals surface area contributed by atoms with Gasteiger partial charge < -0.3 is 19.7 Å². The molecule has 2 aromatic rings. The third kappa shape index (κ3) is 6.75. The van der Waals surface area contributed by atoms with E-state index in [1.807, 2.05) is 0 Å².